The van der Waals surface area contributed by atoms with E-state index in [4.69, 9.17) is 11.6 Å². The minimum Gasteiger partial charge on any atom is -0.254 e. The van der Waals surface area contributed by atoms with Gasteiger partial charge >= 0.3 is 0 Å². The molecule has 0 unspecified atom stereocenters. The molecule has 62 valence electrons. The van der Waals surface area contributed by atoms with Crippen molar-refractivity contribution in [2.75, 3.05) is 0 Å². The third kappa shape index (κ3) is 2.64. The Labute approximate surface area is 76.0 Å². The second-order valence-corrected chi connectivity index (χ2v) is 2.27. The van der Waals surface area contributed by atoms with Gasteiger partial charge in [-0.05, 0) is 19.1 Å². The molecule has 1 aromatic rings. The molecule has 0 spiro atoms. The average Bonchev–Trinajstić information content (AvgIpc) is 1.95. The lowest BCUT2D eigenvalue weighted by Gasteiger charge is -1.96. The van der Waals surface area contributed by atoms with Gasteiger partial charge in [-0.3, -0.25) is 4.98 Å². The number of pyridine rings is 1. The third-order valence-corrected chi connectivity index (χ3v) is 1.49. The second kappa shape index (κ2) is 4.52. The Balaban J connectivity index is 0.000001000. The molecule has 1 aromatic heterocycles. The molecule has 0 radical (unpaired) electrons. The number of aromatic nitrogens is 1. The summed E-state index contributed by atoms with van der Waals surface area (Å²) in [5, 5.41) is 0. The van der Waals surface area contributed by atoms with Crippen molar-refractivity contribution < 1.29 is 4.39 Å². The van der Waals surface area contributed by atoms with E-state index in [0.717, 1.165) is 0 Å². The molecule has 1 rings (SSSR count). The molecule has 11 heavy (non-hydrogen) atoms. The molecule has 0 aliphatic carbocycles. The molecule has 0 aromatic carbocycles. The lowest BCUT2D eigenvalue weighted by Crippen LogP contribution is -1.91. The molecular formula is C7H8Cl2FN. The smallest absolute Gasteiger partial charge is 0.144 e. The summed E-state index contributed by atoms with van der Waals surface area (Å²) in [7, 11) is 0. The molecule has 4 heteroatoms. The van der Waals surface area contributed by atoms with E-state index in [1.165, 1.54) is 6.07 Å². The summed E-state index contributed by atoms with van der Waals surface area (Å²) in [4.78, 5) is 3.88. The molecule has 0 aliphatic rings. The first-order chi connectivity index (χ1) is 4.74. The fourth-order valence-electron chi connectivity index (χ4n) is 0.670. The van der Waals surface area contributed by atoms with E-state index in [9.17, 15) is 4.39 Å². The summed E-state index contributed by atoms with van der Waals surface area (Å²) in [5.41, 5.74) is 1.11. The van der Waals surface area contributed by atoms with Crippen LogP contribution in [0.2, 0.25) is 0 Å². The van der Waals surface area contributed by atoms with E-state index < -0.39 is 0 Å². The van der Waals surface area contributed by atoms with Crippen molar-refractivity contribution in [2.24, 2.45) is 0 Å². The molecule has 1 heterocycles. The highest BCUT2D eigenvalue weighted by Gasteiger charge is 1.97. The number of rotatable bonds is 1. The largest absolute Gasteiger partial charge is 0.254 e. The first kappa shape index (κ1) is 10.7. The number of hydrogen-bond donors (Lipinski definition) is 0. The predicted molar refractivity (Wildman–Crippen MR) is 45.7 cm³/mol. The Morgan fingerprint density at radius 2 is 2.18 bits per heavy atom. The van der Waals surface area contributed by atoms with Crippen LogP contribution in [-0.4, -0.2) is 4.98 Å². The average molecular weight is 196 g/mol. The molecule has 1 nitrogen and oxygen atoms in total. The van der Waals surface area contributed by atoms with Crippen molar-refractivity contribution >= 4 is 24.0 Å². The van der Waals surface area contributed by atoms with Crippen LogP contribution in [0, 0.1) is 12.7 Å². The summed E-state index contributed by atoms with van der Waals surface area (Å²) in [6, 6.07) is 2.95. The van der Waals surface area contributed by atoms with Gasteiger partial charge in [0.1, 0.15) is 5.82 Å². The normalized spacial score (nSPS) is 9.00. The molecular weight excluding hydrogens is 188 g/mol. The van der Waals surface area contributed by atoms with Gasteiger partial charge in [-0.15, -0.1) is 24.0 Å². The van der Waals surface area contributed by atoms with Gasteiger partial charge in [0.05, 0.1) is 17.3 Å². The van der Waals surface area contributed by atoms with Gasteiger partial charge < -0.3 is 0 Å². The molecule has 0 fully saturated rings. The molecule has 0 amide bonds. The summed E-state index contributed by atoms with van der Waals surface area (Å²) in [6.45, 7) is 1.62. The summed E-state index contributed by atoms with van der Waals surface area (Å²) in [5.74, 6) is 0.0510. The van der Waals surface area contributed by atoms with Gasteiger partial charge in [0.15, 0.2) is 0 Å². The van der Waals surface area contributed by atoms with Crippen LogP contribution >= 0.6 is 24.0 Å². The number of hydrogen-bond acceptors (Lipinski definition) is 1. The van der Waals surface area contributed by atoms with Gasteiger partial charge in [-0.25, -0.2) is 4.39 Å². The Morgan fingerprint density at radius 1 is 1.55 bits per heavy atom. The van der Waals surface area contributed by atoms with Crippen LogP contribution in [-0.2, 0) is 5.88 Å². The van der Waals surface area contributed by atoms with Crippen LogP contribution in [0.1, 0.15) is 11.4 Å². The van der Waals surface area contributed by atoms with Crippen LogP contribution < -0.4 is 0 Å². The van der Waals surface area contributed by atoms with Crippen molar-refractivity contribution in [1.29, 1.82) is 0 Å². The van der Waals surface area contributed by atoms with E-state index in [-0.39, 0.29) is 18.2 Å². The van der Waals surface area contributed by atoms with Gasteiger partial charge in [0.25, 0.3) is 0 Å². The van der Waals surface area contributed by atoms with Crippen LogP contribution in [0.5, 0.6) is 0 Å². The molecule has 0 saturated heterocycles. The topological polar surface area (TPSA) is 12.9 Å². The Morgan fingerprint density at radius 3 is 2.64 bits per heavy atom. The van der Waals surface area contributed by atoms with Gasteiger partial charge in [-0.1, -0.05) is 0 Å². The quantitative estimate of drug-likeness (QED) is 0.629. The second-order valence-electron chi connectivity index (χ2n) is 2.00. The van der Waals surface area contributed by atoms with Gasteiger partial charge in [0, 0.05) is 0 Å². The van der Waals surface area contributed by atoms with Crippen LogP contribution in [0.4, 0.5) is 4.39 Å². The van der Waals surface area contributed by atoms with Crippen LogP contribution in [0.3, 0.4) is 0 Å². The number of halogens is 3. The summed E-state index contributed by atoms with van der Waals surface area (Å²) in [6.07, 6.45) is 0. The number of alkyl halides is 1. The van der Waals surface area contributed by atoms with Crippen molar-refractivity contribution in [3.8, 4) is 0 Å². The lowest BCUT2D eigenvalue weighted by atomic mass is 10.3. The van der Waals surface area contributed by atoms with Crippen molar-refractivity contribution in [3.05, 3.63) is 29.3 Å². The standard InChI is InChI=1S/C7H7ClFN.ClH/c1-5-7(9)3-2-6(4-8)10-5;/h2-3H,4H2,1H3;1H. The predicted octanol–water partition coefficient (Wildman–Crippen LogP) is 2.69. The molecule has 0 atom stereocenters. The van der Waals surface area contributed by atoms with E-state index >= 15 is 0 Å². The number of nitrogens with zero attached hydrogens (tertiary/aromatic N) is 1. The van der Waals surface area contributed by atoms with Gasteiger partial charge in [-0.2, -0.15) is 0 Å². The monoisotopic (exact) mass is 195 g/mol. The summed E-state index contributed by atoms with van der Waals surface area (Å²) < 4.78 is 12.5. The Kier molecular flexibility index (Phi) is 4.38. The number of aryl methyl sites for hydroxylation is 1. The molecule has 0 N–H and O–H groups in total. The highest BCUT2D eigenvalue weighted by atomic mass is 35.5. The van der Waals surface area contributed by atoms with Crippen molar-refractivity contribution in [3.63, 3.8) is 0 Å². The highest BCUT2D eigenvalue weighted by Crippen LogP contribution is 2.05. The van der Waals surface area contributed by atoms with E-state index in [1.54, 1.807) is 13.0 Å². The lowest BCUT2D eigenvalue weighted by molar-refractivity contribution is 0.608. The van der Waals surface area contributed by atoms with Crippen LogP contribution in [0.25, 0.3) is 0 Å². The fraction of sp³-hybridized carbons (Fsp3) is 0.286. The van der Waals surface area contributed by atoms with E-state index in [1.807, 2.05) is 0 Å². The Hall–Kier alpha value is -0.340. The first-order valence-electron chi connectivity index (χ1n) is 2.92. The zero-order valence-electron chi connectivity index (χ0n) is 5.97. The minimum absolute atomic E-state index is 0. The fourth-order valence-corrected chi connectivity index (χ4v) is 0.819. The molecule has 0 bridgehead atoms. The molecule has 0 saturated carbocycles. The van der Waals surface area contributed by atoms with Crippen LogP contribution in [0.15, 0.2) is 12.1 Å². The first-order valence-corrected chi connectivity index (χ1v) is 3.45. The minimum atomic E-state index is -0.283. The third-order valence-electron chi connectivity index (χ3n) is 1.22. The maximum atomic E-state index is 12.5. The molecule has 0 aliphatic heterocycles. The SMILES string of the molecule is Cc1nc(CCl)ccc1F.Cl. The maximum Gasteiger partial charge on any atom is 0.144 e. The highest BCUT2D eigenvalue weighted by molar-refractivity contribution is 6.16. The van der Waals surface area contributed by atoms with E-state index in [0.29, 0.717) is 17.3 Å². The zero-order valence-corrected chi connectivity index (χ0v) is 7.55. The Bertz CT molecular complexity index is 240. The summed E-state index contributed by atoms with van der Waals surface area (Å²) >= 11 is 5.47. The van der Waals surface area contributed by atoms with Gasteiger partial charge in [0.2, 0.25) is 0 Å². The van der Waals surface area contributed by atoms with Crippen molar-refractivity contribution in [2.45, 2.75) is 12.8 Å². The van der Waals surface area contributed by atoms with Crippen molar-refractivity contribution in [1.82, 2.24) is 4.98 Å². The maximum absolute atomic E-state index is 12.5. The van der Waals surface area contributed by atoms with E-state index in [2.05, 4.69) is 4.98 Å². The zero-order chi connectivity index (χ0) is 7.56.